The molecule has 0 radical (unpaired) electrons. The molecule has 0 unspecified atom stereocenters. The summed E-state index contributed by atoms with van der Waals surface area (Å²) in [5, 5.41) is 0. The van der Waals surface area contributed by atoms with Gasteiger partial charge < -0.3 is 4.74 Å². The number of benzene rings is 1. The second-order valence-electron chi connectivity index (χ2n) is 4.50. The van der Waals surface area contributed by atoms with Gasteiger partial charge >= 0.3 is 0 Å². The first-order chi connectivity index (χ1) is 8.15. The Morgan fingerprint density at radius 1 is 1.24 bits per heavy atom. The van der Waals surface area contributed by atoms with E-state index in [0.717, 1.165) is 37.1 Å². The molecule has 94 valence electrons. The number of hydrogen-bond donors (Lipinski definition) is 0. The minimum absolute atomic E-state index is 0.397. The highest BCUT2D eigenvalue weighted by Crippen LogP contribution is 2.27. The van der Waals surface area contributed by atoms with E-state index in [9.17, 15) is 8.78 Å². The molecule has 17 heavy (non-hydrogen) atoms. The van der Waals surface area contributed by atoms with Gasteiger partial charge in [0.05, 0.1) is 6.61 Å². The van der Waals surface area contributed by atoms with Crippen LogP contribution in [0.25, 0.3) is 0 Å². The number of ether oxygens (including phenoxy) is 1. The quantitative estimate of drug-likeness (QED) is 0.604. The zero-order valence-corrected chi connectivity index (χ0v) is 11.4. The van der Waals surface area contributed by atoms with Crippen LogP contribution in [0.5, 0.6) is 5.75 Å². The van der Waals surface area contributed by atoms with Crippen LogP contribution in [0.2, 0.25) is 12.1 Å². The van der Waals surface area contributed by atoms with Crippen molar-refractivity contribution >= 4 is 19.2 Å². The second-order valence-corrected chi connectivity index (χ2v) is 8.71. The van der Waals surface area contributed by atoms with E-state index in [1.54, 1.807) is 0 Å². The minimum Gasteiger partial charge on any atom is -0.493 e. The Morgan fingerprint density at radius 2 is 1.94 bits per heavy atom. The molecule has 2 rings (SSSR count). The summed E-state index contributed by atoms with van der Waals surface area (Å²) in [6.07, 6.45) is 2.20. The van der Waals surface area contributed by atoms with Gasteiger partial charge in [-0.05, 0) is 43.0 Å². The second kappa shape index (κ2) is 5.82. The van der Waals surface area contributed by atoms with E-state index in [-0.39, 0.29) is 0 Å². The molecule has 0 saturated carbocycles. The van der Waals surface area contributed by atoms with Crippen LogP contribution < -0.4 is 4.74 Å². The molecule has 1 aliphatic rings. The molecular formula is C12H15ClF2OSi. The van der Waals surface area contributed by atoms with Crippen LogP contribution in [-0.2, 0) is 0 Å². The predicted octanol–water partition coefficient (Wildman–Crippen LogP) is 3.72. The van der Waals surface area contributed by atoms with Crippen LogP contribution in [0.15, 0.2) is 18.2 Å². The molecule has 0 atom stereocenters. The Balaban J connectivity index is 1.83. The van der Waals surface area contributed by atoms with Crippen molar-refractivity contribution in [1.82, 2.24) is 0 Å². The zero-order valence-electron chi connectivity index (χ0n) is 9.46. The van der Waals surface area contributed by atoms with E-state index >= 15 is 0 Å². The van der Waals surface area contributed by atoms with E-state index in [4.69, 9.17) is 15.8 Å². The van der Waals surface area contributed by atoms with Crippen molar-refractivity contribution in [3.63, 3.8) is 0 Å². The Hall–Kier alpha value is -0.613. The Labute approximate surface area is 106 Å². The van der Waals surface area contributed by atoms with E-state index in [1.807, 2.05) is 0 Å². The molecule has 1 fully saturated rings. The summed E-state index contributed by atoms with van der Waals surface area (Å²) in [6, 6.07) is 5.94. The molecular weight excluding hydrogens is 262 g/mol. The van der Waals surface area contributed by atoms with Crippen molar-refractivity contribution in [2.75, 3.05) is 6.61 Å². The SMILES string of the molecule is Fc1ccc(OCC2CC[SiH](Cl)CC2)cc1F. The van der Waals surface area contributed by atoms with E-state index < -0.39 is 19.7 Å². The summed E-state index contributed by atoms with van der Waals surface area (Å²) in [6.45, 7) is 0.573. The first kappa shape index (κ1) is 12.8. The highest BCUT2D eigenvalue weighted by molar-refractivity contribution is 7.07. The number of halogens is 3. The summed E-state index contributed by atoms with van der Waals surface area (Å²) in [7, 11) is -0.940. The van der Waals surface area contributed by atoms with Crippen LogP contribution in [0.4, 0.5) is 8.78 Å². The fourth-order valence-corrected chi connectivity index (χ4v) is 4.78. The lowest BCUT2D eigenvalue weighted by Crippen LogP contribution is -2.21. The molecule has 0 aliphatic carbocycles. The minimum atomic E-state index is -0.940. The summed E-state index contributed by atoms with van der Waals surface area (Å²) in [4.78, 5) is 0. The molecule has 5 heteroatoms. The normalized spacial score (nSPS) is 24.6. The molecule has 1 aliphatic heterocycles. The van der Waals surface area contributed by atoms with Crippen molar-refractivity contribution in [2.45, 2.75) is 24.9 Å². The number of hydrogen-bond acceptors (Lipinski definition) is 1. The lowest BCUT2D eigenvalue weighted by Gasteiger charge is -2.24. The van der Waals surface area contributed by atoms with Crippen molar-refractivity contribution in [2.24, 2.45) is 5.92 Å². The van der Waals surface area contributed by atoms with Crippen molar-refractivity contribution in [1.29, 1.82) is 0 Å². The summed E-state index contributed by atoms with van der Waals surface area (Å²) < 4.78 is 31.1. The standard InChI is InChI=1S/C12H15ClF2OSi/c13-17-5-3-9(4-6-17)8-16-10-1-2-11(14)12(15)7-10/h1-2,7,9,17H,3-6,8H2. The van der Waals surface area contributed by atoms with Crippen LogP contribution in [0.1, 0.15) is 12.8 Å². The molecule has 1 aromatic carbocycles. The first-order valence-corrected chi connectivity index (χ1v) is 9.25. The lowest BCUT2D eigenvalue weighted by atomic mass is 10.0. The van der Waals surface area contributed by atoms with Gasteiger partial charge in [0.25, 0.3) is 0 Å². The molecule has 0 spiro atoms. The van der Waals surface area contributed by atoms with Gasteiger partial charge in [-0.15, -0.1) is 0 Å². The molecule has 1 aromatic rings. The van der Waals surface area contributed by atoms with Gasteiger partial charge in [-0.25, -0.2) is 8.78 Å². The monoisotopic (exact) mass is 276 g/mol. The summed E-state index contributed by atoms with van der Waals surface area (Å²) in [5.74, 6) is -0.801. The fourth-order valence-electron chi connectivity index (χ4n) is 2.07. The molecule has 0 amide bonds. The zero-order chi connectivity index (χ0) is 12.3. The van der Waals surface area contributed by atoms with E-state index in [2.05, 4.69) is 0 Å². The van der Waals surface area contributed by atoms with Crippen LogP contribution in [0.3, 0.4) is 0 Å². The average molecular weight is 277 g/mol. The van der Waals surface area contributed by atoms with Gasteiger partial charge in [0, 0.05) is 6.07 Å². The maximum atomic E-state index is 12.9. The van der Waals surface area contributed by atoms with Crippen molar-refractivity contribution < 1.29 is 13.5 Å². The molecule has 1 nitrogen and oxygen atoms in total. The van der Waals surface area contributed by atoms with Gasteiger partial charge in [0.2, 0.25) is 0 Å². The largest absolute Gasteiger partial charge is 0.493 e. The third-order valence-corrected chi connectivity index (χ3v) is 6.38. The summed E-state index contributed by atoms with van der Waals surface area (Å²) in [5.41, 5.74) is 0. The molecule has 0 aromatic heterocycles. The fraction of sp³-hybridized carbons (Fsp3) is 0.500. The Bertz CT molecular complexity index is 381. The Morgan fingerprint density at radius 3 is 2.59 bits per heavy atom. The average Bonchev–Trinajstić information content (AvgIpc) is 2.33. The van der Waals surface area contributed by atoms with Crippen molar-refractivity contribution in [3.05, 3.63) is 29.8 Å². The van der Waals surface area contributed by atoms with E-state index in [1.165, 1.54) is 6.07 Å². The van der Waals surface area contributed by atoms with Gasteiger partial charge in [0.15, 0.2) is 11.6 Å². The van der Waals surface area contributed by atoms with Gasteiger partial charge in [-0.3, -0.25) is 0 Å². The third kappa shape index (κ3) is 3.68. The van der Waals surface area contributed by atoms with E-state index in [0.29, 0.717) is 18.3 Å². The van der Waals surface area contributed by atoms with Crippen LogP contribution >= 0.6 is 11.1 Å². The van der Waals surface area contributed by atoms with Gasteiger partial charge in [-0.1, -0.05) is 0 Å². The highest BCUT2D eigenvalue weighted by atomic mass is 35.6. The van der Waals surface area contributed by atoms with Gasteiger partial charge in [0.1, 0.15) is 13.9 Å². The number of rotatable bonds is 3. The van der Waals surface area contributed by atoms with Crippen molar-refractivity contribution in [3.8, 4) is 5.75 Å². The molecule has 0 N–H and O–H groups in total. The van der Waals surface area contributed by atoms with Crippen LogP contribution in [-0.4, -0.2) is 14.7 Å². The third-order valence-electron chi connectivity index (χ3n) is 3.15. The molecule has 0 bridgehead atoms. The predicted molar refractivity (Wildman–Crippen MR) is 67.2 cm³/mol. The first-order valence-electron chi connectivity index (χ1n) is 5.87. The Kier molecular flexibility index (Phi) is 4.40. The molecule has 1 saturated heterocycles. The molecule has 1 heterocycles. The topological polar surface area (TPSA) is 9.23 Å². The maximum Gasteiger partial charge on any atom is 0.162 e. The summed E-state index contributed by atoms with van der Waals surface area (Å²) >= 11 is 6.14. The highest BCUT2D eigenvalue weighted by Gasteiger charge is 2.21. The lowest BCUT2D eigenvalue weighted by molar-refractivity contribution is 0.235. The maximum absolute atomic E-state index is 12.9. The van der Waals surface area contributed by atoms with Gasteiger partial charge in [-0.2, -0.15) is 11.1 Å². The van der Waals surface area contributed by atoms with Crippen LogP contribution in [0, 0.1) is 17.6 Å². The smallest absolute Gasteiger partial charge is 0.162 e.